The summed E-state index contributed by atoms with van der Waals surface area (Å²) in [6, 6.07) is 13.8. The minimum absolute atomic E-state index is 0.0681. The summed E-state index contributed by atoms with van der Waals surface area (Å²) in [5, 5.41) is 11.7. The van der Waals surface area contributed by atoms with Crippen LogP contribution in [-0.2, 0) is 10.5 Å². The normalized spacial score (nSPS) is 10.9. The van der Waals surface area contributed by atoms with Crippen LogP contribution in [0.3, 0.4) is 0 Å². The van der Waals surface area contributed by atoms with E-state index in [0.717, 1.165) is 39.1 Å². The fourth-order valence-corrected chi connectivity index (χ4v) is 5.18. The van der Waals surface area contributed by atoms with Gasteiger partial charge in [0.05, 0.1) is 24.2 Å². The summed E-state index contributed by atoms with van der Waals surface area (Å²) >= 11 is 2.99. The number of hydrogen-bond donors (Lipinski definition) is 0. The van der Waals surface area contributed by atoms with Crippen molar-refractivity contribution in [2.75, 3.05) is 12.0 Å². The number of carbonyl (C=O) groups is 1. The van der Waals surface area contributed by atoms with Crippen LogP contribution in [-0.4, -0.2) is 32.8 Å². The second-order valence-electron chi connectivity index (χ2n) is 7.21. The third-order valence-corrected chi connectivity index (χ3v) is 6.70. The highest BCUT2D eigenvalue weighted by Gasteiger charge is 2.20. The van der Waals surface area contributed by atoms with E-state index in [0.29, 0.717) is 10.9 Å². The number of methoxy groups -OCH3 is 1. The van der Waals surface area contributed by atoms with Gasteiger partial charge in [0, 0.05) is 18.1 Å². The lowest BCUT2D eigenvalue weighted by molar-refractivity contribution is -0.115. The lowest BCUT2D eigenvalue weighted by Gasteiger charge is -2.20. The summed E-state index contributed by atoms with van der Waals surface area (Å²) in [6.45, 7) is 5.61. The standard InChI is InChI=1S/C23H23N5O2S2/c1-15-9-10-19(16(2)11-15)28(17(3)29)22-25-18(12-31-22)13-32-23-26-24-14-27(23)20-7-5-6-8-21(20)30-4/h5-12,14H,13H2,1-4H3. The number of hydrogen-bond acceptors (Lipinski definition) is 7. The molecular weight excluding hydrogens is 442 g/mol. The van der Waals surface area contributed by atoms with Gasteiger partial charge in [0.1, 0.15) is 12.1 Å². The van der Waals surface area contributed by atoms with E-state index in [1.54, 1.807) is 25.3 Å². The SMILES string of the molecule is COc1ccccc1-n1cnnc1SCc1csc(N(C(C)=O)c2ccc(C)cc2C)n1. The number of carbonyl (C=O) groups excluding carboxylic acids is 1. The number of aromatic nitrogens is 4. The van der Waals surface area contributed by atoms with Gasteiger partial charge in [0.15, 0.2) is 10.3 Å². The van der Waals surface area contributed by atoms with Gasteiger partial charge in [-0.3, -0.25) is 14.3 Å². The van der Waals surface area contributed by atoms with Gasteiger partial charge in [-0.2, -0.15) is 0 Å². The van der Waals surface area contributed by atoms with Crippen LogP contribution in [0.4, 0.5) is 10.8 Å². The van der Waals surface area contributed by atoms with E-state index in [1.165, 1.54) is 23.1 Å². The minimum Gasteiger partial charge on any atom is -0.495 e. The van der Waals surface area contributed by atoms with Crippen LogP contribution in [0, 0.1) is 13.8 Å². The zero-order valence-electron chi connectivity index (χ0n) is 18.3. The molecule has 1 amide bonds. The molecule has 9 heteroatoms. The number of thioether (sulfide) groups is 1. The van der Waals surface area contributed by atoms with Crippen LogP contribution in [0.15, 0.2) is 59.3 Å². The molecular formula is C23H23N5O2S2. The minimum atomic E-state index is -0.0681. The number of amides is 1. The molecule has 0 spiro atoms. The maximum absolute atomic E-state index is 12.5. The van der Waals surface area contributed by atoms with Gasteiger partial charge < -0.3 is 4.74 Å². The van der Waals surface area contributed by atoms with Gasteiger partial charge in [-0.05, 0) is 37.6 Å². The number of ether oxygens (including phenoxy) is 1. The van der Waals surface area contributed by atoms with Crippen LogP contribution < -0.4 is 9.64 Å². The highest BCUT2D eigenvalue weighted by Crippen LogP contribution is 2.34. The predicted octanol–water partition coefficient (Wildman–Crippen LogP) is 5.33. The first-order valence-electron chi connectivity index (χ1n) is 9.96. The van der Waals surface area contributed by atoms with Crippen LogP contribution in [0.5, 0.6) is 5.75 Å². The monoisotopic (exact) mass is 465 g/mol. The summed E-state index contributed by atoms with van der Waals surface area (Å²) in [5.41, 5.74) is 4.80. The third-order valence-electron chi connectivity index (χ3n) is 4.85. The van der Waals surface area contributed by atoms with Crippen molar-refractivity contribution in [2.45, 2.75) is 31.7 Å². The van der Waals surface area contributed by atoms with Gasteiger partial charge in [-0.15, -0.1) is 21.5 Å². The van der Waals surface area contributed by atoms with E-state index < -0.39 is 0 Å². The number of nitrogens with zero attached hydrogens (tertiary/aromatic N) is 5. The molecule has 0 saturated heterocycles. The maximum Gasteiger partial charge on any atom is 0.230 e. The summed E-state index contributed by atoms with van der Waals surface area (Å²) in [4.78, 5) is 18.9. The Balaban J connectivity index is 1.54. The van der Waals surface area contributed by atoms with Crippen molar-refractivity contribution < 1.29 is 9.53 Å². The fourth-order valence-electron chi connectivity index (χ4n) is 3.38. The topological polar surface area (TPSA) is 73.1 Å². The van der Waals surface area contributed by atoms with Crippen LogP contribution >= 0.6 is 23.1 Å². The van der Waals surface area contributed by atoms with Crippen molar-refractivity contribution in [3.05, 3.63) is 71.0 Å². The highest BCUT2D eigenvalue weighted by molar-refractivity contribution is 7.98. The summed E-state index contributed by atoms with van der Waals surface area (Å²) in [7, 11) is 1.64. The first-order chi connectivity index (χ1) is 15.5. The molecule has 7 nitrogen and oxygen atoms in total. The van der Waals surface area contributed by atoms with Gasteiger partial charge in [0.25, 0.3) is 0 Å². The van der Waals surface area contributed by atoms with Crippen molar-refractivity contribution in [3.8, 4) is 11.4 Å². The van der Waals surface area contributed by atoms with Crippen molar-refractivity contribution >= 4 is 39.8 Å². The molecule has 0 saturated carbocycles. The Morgan fingerprint density at radius 3 is 2.78 bits per heavy atom. The lowest BCUT2D eigenvalue weighted by Crippen LogP contribution is -2.23. The zero-order valence-corrected chi connectivity index (χ0v) is 19.9. The molecule has 164 valence electrons. The van der Waals surface area contributed by atoms with Gasteiger partial charge in [-0.1, -0.05) is 41.6 Å². The third kappa shape index (κ3) is 4.53. The maximum atomic E-state index is 12.5. The Kier molecular flexibility index (Phi) is 6.57. The number of anilines is 2. The molecule has 2 aromatic carbocycles. The molecule has 0 N–H and O–H groups in total. The zero-order chi connectivity index (χ0) is 22.7. The number of para-hydroxylation sites is 2. The second kappa shape index (κ2) is 9.54. The number of aryl methyl sites for hydroxylation is 2. The van der Waals surface area contributed by atoms with Crippen molar-refractivity contribution in [1.82, 2.24) is 19.7 Å². The first-order valence-corrected chi connectivity index (χ1v) is 11.8. The summed E-state index contributed by atoms with van der Waals surface area (Å²) in [5.74, 6) is 1.28. The number of thiazole rings is 1. The molecule has 0 unspecified atom stereocenters. The molecule has 2 heterocycles. The molecule has 0 atom stereocenters. The predicted molar refractivity (Wildman–Crippen MR) is 128 cm³/mol. The molecule has 0 fully saturated rings. The Hall–Kier alpha value is -3.17. The van der Waals surface area contributed by atoms with E-state index in [-0.39, 0.29) is 5.91 Å². The fraction of sp³-hybridized carbons (Fsp3) is 0.217. The Morgan fingerprint density at radius 1 is 1.22 bits per heavy atom. The smallest absolute Gasteiger partial charge is 0.230 e. The molecule has 4 rings (SSSR count). The molecule has 0 bridgehead atoms. The average Bonchev–Trinajstić information content (AvgIpc) is 3.43. The van der Waals surface area contributed by atoms with E-state index in [4.69, 9.17) is 9.72 Å². The molecule has 2 aromatic heterocycles. The number of benzene rings is 2. The van der Waals surface area contributed by atoms with Gasteiger partial charge in [0.2, 0.25) is 5.91 Å². The molecule has 0 radical (unpaired) electrons. The Morgan fingerprint density at radius 2 is 2.03 bits per heavy atom. The van der Waals surface area contributed by atoms with Crippen molar-refractivity contribution in [2.24, 2.45) is 0 Å². The van der Waals surface area contributed by atoms with Crippen LogP contribution in [0.25, 0.3) is 5.69 Å². The first kappa shape index (κ1) is 22.0. The Bertz CT molecular complexity index is 1250. The molecule has 4 aromatic rings. The van der Waals surface area contributed by atoms with E-state index in [9.17, 15) is 4.79 Å². The van der Waals surface area contributed by atoms with Crippen molar-refractivity contribution in [3.63, 3.8) is 0 Å². The van der Waals surface area contributed by atoms with Crippen LogP contribution in [0.2, 0.25) is 0 Å². The Labute approximate surface area is 195 Å². The quantitative estimate of drug-likeness (QED) is 0.344. The van der Waals surface area contributed by atoms with Gasteiger partial charge >= 0.3 is 0 Å². The summed E-state index contributed by atoms with van der Waals surface area (Å²) in [6.07, 6.45) is 1.67. The van der Waals surface area contributed by atoms with Crippen molar-refractivity contribution in [1.29, 1.82) is 0 Å². The van der Waals surface area contributed by atoms with E-state index in [2.05, 4.69) is 16.3 Å². The number of rotatable bonds is 7. The lowest BCUT2D eigenvalue weighted by atomic mass is 10.1. The molecule has 32 heavy (non-hydrogen) atoms. The summed E-state index contributed by atoms with van der Waals surface area (Å²) < 4.78 is 7.36. The second-order valence-corrected chi connectivity index (χ2v) is 8.99. The van der Waals surface area contributed by atoms with Crippen LogP contribution in [0.1, 0.15) is 23.7 Å². The molecule has 0 aliphatic heterocycles. The van der Waals surface area contributed by atoms with Gasteiger partial charge in [-0.25, -0.2) is 4.98 Å². The average molecular weight is 466 g/mol. The molecule has 0 aliphatic carbocycles. The highest BCUT2D eigenvalue weighted by atomic mass is 32.2. The largest absolute Gasteiger partial charge is 0.495 e. The van der Waals surface area contributed by atoms with E-state index >= 15 is 0 Å². The molecule has 0 aliphatic rings. The van der Waals surface area contributed by atoms with E-state index in [1.807, 2.05) is 60.2 Å².